The molecule has 54 valence electrons. The van der Waals surface area contributed by atoms with Gasteiger partial charge in [-0.1, -0.05) is 0 Å². The van der Waals surface area contributed by atoms with Crippen molar-refractivity contribution in [2.45, 2.75) is 13.0 Å². The maximum absolute atomic E-state index is 8.51. The Morgan fingerprint density at radius 3 is 2.50 bits per heavy atom. The van der Waals surface area contributed by atoms with Crippen LogP contribution >= 0.6 is 0 Å². The van der Waals surface area contributed by atoms with Crippen LogP contribution < -0.4 is 10.9 Å². The highest BCUT2D eigenvalue weighted by Gasteiger charge is 2.11. The quantitative estimate of drug-likeness (QED) is 0.421. The van der Waals surface area contributed by atoms with E-state index in [1.54, 1.807) is 7.05 Å². The Bertz CT molecular complexity index is 163. The van der Waals surface area contributed by atoms with Crippen molar-refractivity contribution in [3.8, 4) is 18.4 Å². The van der Waals surface area contributed by atoms with E-state index in [2.05, 4.69) is 16.8 Å². The highest BCUT2D eigenvalue weighted by molar-refractivity contribution is 5.04. The molecule has 0 fully saturated rings. The normalized spacial score (nSPS) is 14.8. The van der Waals surface area contributed by atoms with E-state index >= 15 is 0 Å². The highest BCUT2D eigenvalue weighted by Crippen LogP contribution is 1.97. The van der Waals surface area contributed by atoms with Crippen molar-refractivity contribution in [1.82, 2.24) is 10.9 Å². The lowest BCUT2D eigenvalue weighted by Crippen LogP contribution is -2.40. The molecule has 3 nitrogen and oxygen atoms in total. The molecule has 0 saturated heterocycles. The number of nitriles is 1. The Morgan fingerprint density at radius 1 is 1.60 bits per heavy atom. The number of nitrogens with one attached hydrogen (secondary N) is 2. The van der Waals surface area contributed by atoms with E-state index in [1.807, 2.05) is 13.0 Å². The first-order valence-corrected chi connectivity index (χ1v) is 3.04. The van der Waals surface area contributed by atoms with E-state index in [0.717, 1.165) is 0 Å². The van der Waals surface area contributed by atoms with Crippen LogP contribution in [0.3, 0.4) is 0 Å². The van der Waals surface area contributed by atoms with Crippen molar-refractivity contribution in [3.63, 3.8) is 0 Å². The molecule has 0 aliphatic heterocycles. The average molecular weight is 137 g/mol. The lowest BCUT2D eigenvalue weighted by Gasteiger charge is -2.12. The lowest BCUT2D eigenvalue weighted by atomic mass is 10.1. The Balaban J connectivity index is 3.86. The molecule has 0 aromatic carbocycles. The van der Waals surface area contributed by atoms with Crippen LogP contribution in [0.2, 0.25) is 0 Å². The molecule has 1 unspecified atom stereocenters. The third-order valence-electron chi connectivity index (χ3n) is 1.20. The summed E-state index contributed by atoms with van der Waals surface area (Å²) < 4.78 is 0. The fourth-order valence-electron chi connectivity index (χ4n) is 0.521. The minimum atomic E-state index is -0.310. The van der Waals surface area contributed by atoms with Gasteiger partial charge >= 0.3 is 0 Å². The molecule has 0 amide bonds. The molecule has 3 heteroatoms. The molecule has 2 N–H and O–H groups in total. The Morgan fingerprint density at radius 2 is 2.20 bits per heavy atom. The van der Waals surface area contributed by atoms with E-state index in [-0.39, 0.29) is 12.0 Å². The van der Waals surface area contributed by atoms with Crippen molar-refractivity contribution >= 4 is 0 Å². The molecule has 0 aromatic rings. The van der Waals surface area contributed by atoms with Gasteiger partial charge in [0.2, 0.25) is 0 Å². The van der Waals surface area contributed by atoms with Crippen LogP contribution in [0.5, 0.6) is 0 Å². The van der Waals surface area contributed by atoms with Crippen molar-refractivity contribution in [2.75, 3.05) is 7.05 Å². The number of nitrogens with zero attached hydrogens (tertiary/aromatic N) is 1. The third kappa shape index (κ3) is 2.50. The number of hydrogen-bond donors (Lipinski definition) is 2. The fraction of sp³-hybridized carbons (Fsp3) is 0.571. The first-order chi connectivity index (χ1) is 4.76. The predicted octanol–water partition coefficient (Wildman–Crippen LogP) is -0.128. The summed E-state index contributed by atoms with van der Waals surface area (Å²) in [6.07, 6.45) is 5.11. The molecule has 2 atom stereocenters. The molecule has 0 radical (unpaired) electrons. The first kappa shape index (κ1) is 8.97. The highest BCUT2D eigenvalue weighted by atomic mass is 15.3. The molecule has 0 bridgehead atoms. The standard InChI is InChI=1S/C7H11N3/c1-4-6(2)7(5-8)10-9-3/h1,6-7,9-10H,2-3H3/t6?,7-/m0/s1. The molecule has 0 aliphatic carbocycles. The lowest BCUT2D eigenvalue weighted by molar-refractivity contribution is 0.469. The second-order valence-corrected chi connectivity index (χ2v) is 1.96. The molecule has 0 spiro atoms. The van der Waals surface area contributed by atoms with Gasteiger partial charge in [-0.05, 0) is 14.0 Å². The Labute approximate surface area is 61.4 Å². The van der Waals surface area contributed by atoms with Gasteiger partial charge in [0.15, 0.2) is 0 Å². The van der Waals surface area contributed by atoms with Gasteiger partial charge < -0.3 is 0 Å². The summed E-state index contributed by atoms with van der Waals surface area (Å²) >= 11 is 0. The summed E-state index contributed by atoms with van der Waals surface area (Å²) in [5, 5.41) is 8.51. The van der Waals surface area contributed by atoms with Gasteiger partial charge in [-0.2, -0.15) is 5.26 Å². The van der Waals surface area contributed by atoms with Crippen molar-refractivity contribution in [3.05, 3.63) is 0 Å². The van der Waals surface area contributed by atoms with E-state index in [0.29, 0.717) is 0 Å². The average Bonchev–Trinajstić information content (AvgIpc) is 1.99. The first-order valence-electron chi connectivity index (χ1n) is 3.04. The van der Waals surface area contributed by atoms with Crippen LogP contribution in [0.25, 0.3) is 0 Å². The van der Waals surface area contributed by atoms with Gasteiger partial charge in [-0.25, -0.2) is 5.43 Å². The summed E-state index contributed by atoms with van der Waals surface area (Å²) in [6.45, 7) is 1.82. The molecule has 0 heterocycles. The third-order valence-corrected chi connectivity index (χ3v) is 1.20. The second kappa shape index (κ2) is 4.81. The van der Waals surface area contributed by atoms with Gasteiger partial charge in [0, 0.05) is 5.92 Å². The monoisotopic (exact) mass is 137 g/mol. The van der Waals surface area contributed by atoms with Gasteiger partial charge in [0.1, 0.15) is 6.04 Å². The summed E-state index contributed by atoms with van der Waals surface area (Å²) in [7, 11) is 1.70. The number of terminal acetylenes is 1. The maximum atomic E-state index is 8.51. The van der Waals surface area contributed by atoms with E-state index < -0.39 is 0 Å². The van der Waals surface area contributed by atoms with E-state index in [1.165, 1.54) is 0 Å². The number of hydrogen-bond acceptors (Lipinski definition) is 3. The van der Waals surface area contributed by atoms with Crippen LogP contribution in [-0.4, -0.2) is 13.1 Å². The molecule has 0 aromatic heterocycles. The summed E-state index contributed by atoms with van der Waals surface area (Å²) in [6, 6.07) is 1.73. The van der Waals surface area contributed by atoms with Crippen molar-refractivity contribution in [2.24, 2.45) is 5.92 Å². The molecular weight excluding hydrogens is 126 g/mol. The molecule has 10 heavy (non-hydrogen) atoms. The van der Waals surface area contributed by atoms with Crippen LogP contribution in [0.4, 0.5) is 0 Å². The molecule has 0 rings (SSSR count). The topological polar surface area (TPSA) is 47.9 Å². The minimum Gasteiger partial charge on any atom is -0.260 e. The SMILES string of the molecule is C#CC(C)[C@H](C#N)NNC. The van der Waals surface area contributed by atoms with Crippen LogP contribution in [0.15, 0.2) is 0 Å². The Hall–Kier alpha value is -1.03. The van der Waals surface area contributed by atoms with Gasteiger partial charge in [-0.3, -0.25) is 5.43 Å². The molecule has 0 saturated carbocycles. The zero-order valence-corrected chi connectivity index (χ0v) is 6.18. The van der Waals surface area contributed by atoms with Crippen LogP contribution in [0.1, 0.15) is 6.92 Å². The number of rotatable bonds is 3. The van der Waals surface area contributed by atoms with Crippen LogP contribution in [0, 0.1) is 29.6 Å². The minimum absolute atomic E-state index is 0.0718. The fourth-order valence-corrected chi connectivity index (χ4v) is 0.521. The van der Waals surface area contributed by atoms with Gasteiger partial charge in [0.05, 0.1) is 6.07 Å². The van der Waals surface area contributed by atoms with Gasteiger partial charge in [-0.15, -0.1) is 12.3 Å². The van der Waals surface area contributed by atoms with Gasteiger partial charge in [0.25, 0.3) is 0 Å². The van der Waals surface area contributed by atoms with E-state index in [9.17, 15) is 0 Å². The van der Waals surface area contributed by atoms with Crippen molar-refractivity contribution in [1.29, 1.82) is 5.26 Å². The van der Waals surface area contributed by atoms with Crippen molar-refractivity contribution < 1.29 is 0 Å². The summed E-state index contributed by atoms with van der Waals surface area (Å²) in [4.78, 5) is 0. The zero-order valence-electron chi connectivity index (χ0n) is 6.18. The second-order valence-electron chi connectivity index (χ2n) is 1.96. The predicted molar refractivity (Wildman–Crippen MR) is 39.6 cm³/mol. The maximum Gasteiger partial charge on any atom is 0.121 e. The smallest absolute Gasteiger partial charge is 0.121 e. The molecular formula is C7H11N3. The number of hydrazine groups is 1. The van der Waals surface area contributed by atoms with Crippen LogP contribution in [-0.2, 0) is 0 Å². The summed E-state index contributed by atoms with van der Waals surface area (Å²) in [5.74, 6) is 2.40. The summed E-state index contributed by atoms with van der Waals surface area (Å²) in [5.41, 5.74) is 5.40. The largest absolute Gasteiger partial charge is 0.260 e. The molecule has 0 aliphatic rings. The van der Waals surface area contributed by atoms with E-state index in [4.69, 9.17) is 11.7 Å². The zero-order chi connectivity index (χ0) is 7.98. The Kier molecular flexibility index (Phi) is 4.32.